The molecule has 1 aliphatic rings. The van der Waals surface area contributed by atoms with Crippen LogP contribution in [0.15, 0.2) is 46.1 Å². The molecular formula is C23H26N4O7S. The van der Waals surface area contributed by atoms with Gasteiger partial charge >= 0.3 is 11.7 Å². The van der Waals surface area contributed by atoms with Crippen molar-refractivity contribution in [2.75, 3.05) is 25.6 Å². The van der Waals surface area contributed by atoms with Crippen LogP contribution in [0.25, 0.3) is 11.0 Å². The van der Waals surface area contributed by atoms with Crippen LogP contribution < -0.4 is 15.7 Å². The normalized spacial score (nSPS) is 16.7. The minimum absolute atomic E-state index is 0.0202. The standard InChI is InChI=1S/C23H26N4O7S/c1-14-5-3-4-10-27(14)35(31,32)20-11-15(6-9-19(20)33-2)22(29)34-13-21(28)24-16-7-8-17-18(12-16)26-23(30)25-17/h6-9,11-12,14H,3-5,10,13H2,1-2H3,(H,24,28)(H2,25,26,30). The molecule has 1 fully saturated rings. The van der Waals surface area contributed by atoms with E-state index in [-0.39, 0.29) is 27.9 Å². The number of hydrogen-bond donors (Lipinski definition) is 3. The average molecular weight is 503 g/mol. The van der Waals surface area contributed by atoms with E-state index in [1.54, 1.807) is 18.2 Å². The van der Waals surface area contributed by atoms with Crippen molar-refractivity contribution >= 4 is 38.6 Å². The summed E-state index contributed by atoms with van der Waals surface area (Å²) in [4.78, 5) is 41.3. The Hall–Kier alpha value is -3.64. The van der Waals surface area contributed by atoms with E-state index in [0.717, 1.165) is 19.3 Å². The second kappa shape index (κ2) is 9.92. The number of ether oxygens (including phenoxy) is 2. The molecule has 4 rings (SSSR count). The quantitative estimate of drug-likeness (QED) is 0.419. The van der Waals surface area contributed by atoms with Crippen LogP contribution in [0.5, 0.6) is 5.75 Å². The van der Waals surface area contributed by atoms with Gasteiger partial charge in [0.25, 0.3) is 5.91 Å². The molecule has 12 heteroatoms. The first-order valence-corrected chi connectivity index (χ1v) is 12.5. The number of methoxy groups -OCH3 is 1. The Kier molecular flexibility index (Phi) is 6.94. The van der Waals surface area contributed by atoms with Crippen molar-refractivity contribution in [2.24, 2.45) is 0 Å². The Morgan fingerprint density at radius 1 is 1.11 bits per heavy atom. The fourth-order valence-corrected chi connectivity index (χ4v) is 5.97. The molecule has 1 aliphatic heterocycles. The largest absolute Gasteiger partial charge is 0.495 e. The van der Waals surface area contributed by atoms with Gasteiger partial charge in [-0.1, -0.05) is 6.42 Å². The molecule has 1 unspecified atom stereocenters. The molecule has 11 nitrogen and oxygen atoms in total. The topological polar surface area (TPSA) is 151 Å². The van der Waals surface area contributed by atoms with Crippen LogP contribution in [0.3, 0.4) is 0 Å². The number of hydrogen-bond acceptors (Lipinski definition) is 7. The van der Waals surface area contributed by atoms with Crippen LogP contribution in [0.4, 0.5) is 5.69 Å². The number of sulfonamides is 1. The lowest BCUT2D eigenvalue weighted by Crippen LogP contribution is -2.42. The molecule has 1 atom stereocenters. The van der Waals surface area contributed by atoms with Gasteiger partial charge in [-0.2, -0.15) is 4.31 Å². The van der Waals surface area contributed by atoms with E-state index in [0.29, 0.717) is 23.3 Å². The first-order valence-electron chi connectivity index (χ1n) is 11.1. The molecule has 2 aromatic carbocycles. The molecule has 0 aliphatic carbocycles. The van der Waals surface area contributed by atoms with Crippen LogP contribution in [0.1, 0.15) is 36.5 Å². The number of fused-ring (bicyclic) bond motifs is 1. The second-order valence-corrected chi connectivity index (χ2v) is 10.1. The van der Waals surface area contributed by atoms with E-state index >= 15 is 0 Å². The third-order valence-corrected chi connectivity index (χ3v) is 7.90. The minimum Gasteiger partial charge on any atom is -0.495 e. The van der Waals surface area contributed by atoms with E-state index in [1.165, 1.54) is 29.6 Å². The first kappa shape index (κ1) is 24.5. The maximum absolute atomic E-state index is 13.3. The maximum Gasteiger partial charge on any atom is 0.338 e. The fraction of sp³-hybridized carbons (Fsp3) is 0.348. The smallest absolute Gasteiger partial charge is 0.338 e. The molecule has 0 bridgehead atoms. The monoisotopic (exact) mass is 502 g/mol. The second-order valence-electron chi connectivity index (χ2n) is 8.29. The summed E-state index contributed by atoms with van der Waals surface area (Å²) >= 11 is 0. The Morgan fingerprint density at radius 3 is 2.63 bits per heavy atom. The highest BCUT2D eigenvalue weighted by Crippen LogP contribution is 2.31. The van der Waals surface area contributed by atoms with Gasteiger partial charge in [0, 0.05) is 18.3 Å². The number of H-pyrrole nitrogens is 2. The molecule has 0 spiro atoms. The maximum atomic E-state index is 13.3. The third-order valence-electron chi connectivity index (χ3n) is 5.86. The van der Waals surface area contributed by atoms with Crippen LogP contribution in [-0.2, 0) is 19.6 Å². The lowest BCUT2D eigenvalue weighted by Gasteiger charge is -2.32. The Balaban J connectivity index is 1.46. The number of esters is 1. The predicted octanol–water partition coefficient (Wildman–Crippen LogP) is 2.22. The average Bonchev–Trinajstić information content (AvgIpc) is 3.21. The highest BCUT2D eigenvalue weighted by molar-refractivity contribution is 7.89. The van der Waals surface area contributed by atoms with Gasteiger partial charge in [0.1, 0.15) is 10.6 Å². The molecule has 3 N–H and O–H groups in total. The number of amides is 1. The summed E-state index contributed by atoms with van der Waals surface area (Å²) in [5.41, 5.74) is 1.12. The number of anilines is 1. The van der Waals surface area contributed by atoms with Crippen molar-refractivity contribution in [3.63, 3.8) is 0 Å². The Bertz CT molecular complexity index is 1430. The lowest BCUT2D eigenvalue weighted by molar-refractivity contribution is -0.119. The summed E-state index contributed by atoms with van der Waals surface area (Å²) in [6, 6.07) is 8.60. The Morgan fingerprint density at radius 2 is 1.89 bits per heavy atom. The van der Waals surface area contributed by atoms with E-state index in [2.05, 4.69) is 15.3 Å². The molecule has 1 aromatic heterocycles. The van der Waals surface area contributed by atoms with Crippen molar-refractivity contribution < 1.29 is 27.5 Å². The molecule has 186 valence electrons. The highest BCUT2D eigenvalue weighted by Gasteiger charge is 2.33. The summed E-state index contributed by atoms with van der Waals surface area (Å²) in [7, 11) is -2.55. The molecule has 0 saturated carbocycles. The Labute approximate surface area is 201 Å². The van der Waals surface area contributed by atoms with Crippen molar-refractivity contribution in [3.05, 3.63) is 52.4 Å². The van der Waals surface area contributed by atoms with E-state index in [4.69, 9.17) is 9.47 Å². The van der Waals surface area contributed by atoms with E-state index in [9.17, 15) is 22.8 Å². The zero-order valence-electron chi connectivity index (χ0n) is 19.3. The number of nitrogens with one attached hydrogen (secondary N) is 3. The van der Waals surface area contributed by atoms with Gasteiger partial charge in [0.15, 0.2) is 6.61 Å². The number of imidazole rings is 1. The summed E-state index contributed by atoms with van der Waals surface area (Å²) in [6.07, 6.45) is 2.47. The zero-order chi connectivity index (χ0) is 25.2. The van der Waals surface area contributed by atoms with Crippen molar-refractivity contribution in [1.29, 1.82) is 0 Å². The van der Waals surface area contributed by atoms with E-state index in [1.807, 2.05) is 6.92 Å². The number of aromatic amines is 2. The molecule has 3 aromatic rings. The fourth-order valence-electron chi connectivity index (χ4n) is 4.08. The van der Waals surface area contributed by atoms with Crippen LogP contribution in [0, 0.1) is 0 Å². The van der Waals surface area contributed by atoms with Gasteiger partial charge in [0.05, 0.1) is 23.7 Å². The van der Waals surface area contributed by atoms with Crippen molar-refractivity contribution in [2.45, 2.75) is 37.1 Å². The van der Waals surface area contributed by atoms with Gasteiger partial charge in [-0.25, -0.2) is 18.0 Å². The molecule has 2 heterocycles. The highest BCUT2D eigenvalue weighted by atomic mass is 32.2. The molecular weight excluding hydrogens is 476 g/mol. The van der Waals surface area contributed by atoms with Gasteiger partial charge in [-0.15, -0.1) is 0 Å². The summed E-state index contributed by atoms with van der Waals surface area (Å²) in [6.45, 7) is 1.66. The summed E-state index contributed by atoms with van der Waals surface area (Å²) in [5, 5.41) is 2.58. The van der Waals surface area contributed by atoms with Gasteiger partial charge < -0.3 is 24.8 Å². The van der Waals surface area contributed by atoms with E-state index < -0.39 is 28.5 Å². The molecule has 0 radical (unpaired) electrons. The van der Waals surface area contributed by atoms with Crippen LogP contribution in [0.2, 0.25) is 0 Å². The summed E-state index contributed by atoms with van der Waals surface area (Å²) < 4.78 is 38.4. The van der Waals surface area contributed by atoms with Gasteiger partial charge in [0.2, 0.25) is 10.0 Å². The van der Waals surface area contributed by atoms with Crippen LogP contribution >= 0.6 is 0 Å². The van der Waals surface area contributed by atoms with Crippen molar-refractivity contribution in [3.8, 4) is 5.75 Å². The van der Waals surface area contributed by atoms with Gasteiger partial charge in [-0.3, -0.25) is 4.79 Å². The van der Waals surface area contributed by atoms with Crippen molar-refractivity contribution in [1.82, 2.24) is 14.3 Å². The summed E-state index contributed by atoms with van der Waals surface area (Å²) in [5.74, 6) is -1.33. The lowest BCUT2D eigenvalue weighted by atomic mass is 10.1. The van der Waals surface area contributed by atoms with Crippen LogP contribution in [-0.4, -0.2) is 60.9 Å². The SMILES string of the molecule is COc1ccc(C(=O)OCC(=O)Nc2ccc3[nH]c(=O)[nH]c3c2)cc1S(=O)(=O)N1CCCCC1C. The molecule has 1 saturated heterocycles. The number of rotatable bonds is 7. The number of carbonyl (C=O) groups is 2. The van der Waals surface area contributed by atoms with Gasteiger partial charge in [-0.05, 0) is 56.2 Å². The number of aromatic nitrogens is 2. The number of piperidine rings is 1. The zero-order valence-corrected chi connectivity index (χ0v) is 20.1. The first-order chi connectivity index (χ1) is 16.7. The molecule has 1 amide bonds. The molecule has 35 heavy (non-hydrogen) atoms. The predicted molar refractivity (Wildman–Crippen MR) is 128 cm³/mol. The number of carbonyl (C=O) groups excluding carboxylic acids is 2. The number of benzene rings is 2. The third kappa shape index (κ3) is 5.23. The number of nitrogens with zero attached hydrogens (tertiary/aromatic N) is 1. The minimum atomic E-state index is -3.90.